The Hall–Kier alpha value is -2.87. The van der Waals surface area contributed by atoms with Gasteiger partial charge in [0.15, 0.2) is 0 Å². The van der Waals surface area contributed by atoms with Gasteiger partial charge in [-0.15, -0.1) is 11.8 Å². The molecule has 8 heteroatoms. The number of nitro benzene ring substituents is 1. The maximum absolute atomic E-state index is 13.3. The van der Waals surface area contributed by atoms with E-state index in [0.717, 1.165) is 23.1 Å². The Morgan fingerprint density at radius 3 is 2.33 bits per heavy atom. The minimum absolute atomic E-state index is 0.0403. The van der Waals surface area contributed by atoms with Crippen LogP contribution in [0.15, 0.2) is 48.5 Å². The highest BCUT2D eigenvalue weighted by Crippen LogP contribution is 2.20. The van der Waals surface area contributed by atoms with Gasteiger partial charge in [-0.25, -0.2) is 0 Å². The van der Waals surface area contributed by atoms with Gasteiger partial charge in [0.2, 0.25) is 11.8 Å². The Bertz CT molecular complexity index is 949. The van der Waals surface area contributed by atoms with Gasteiger partial charge in [-0.1, -0.05) is 50.2 Å². The third-order valence-corrected chi connectivity index (χ3v) is 6.62. The molecule has 0 saturated heterocycles. The molecule has 2 rings (SSSR count). The number of non-ortho nitro benzene ring substituents is 1. The molecule has 0 saturated carbocycles. The number of nitrogens with zero attached hydrogens (tertiary/aromatic N) is 2. The van der Waals surface area contributed by atoms with Crippen LogP contribution in [-0.4, -0.2) is 39.5 Å². The number of amides is 2. The molecule has 2 aromatic carbocycles. The minimum atomic E-state index is -0.550. The predicted molar refractivity (Wildman–Crippen MR) is 133 cm³/mol. The Morgan fingerprint density at radius 1 is 1.09 bits per heavy atom. The number of nitrogens with one attached hydrogen (secondary N) is 1. The largest absolute Gasteiger partial charge is 0.352 e. The second-order valence-electron chi connectivity index (χ2n) is 8.11. The third-order valence-electron chi connectivity index (χ3n) is 5.63. The zero-order valence-corrected chi connectivity index (χ0v) is 20.6. The number of rotatable bonds is 12. The molecular formula is C25H33N3O4S. The summed E-state index contributed by atoms with van der Waals surface area (Å²) in [5.74, 6) is 0.541. The van der Waals surface area contributed by atoms with E-state index in [1.54, 1.807) is 17.0 Å². The molecule has 1 N–H and O–H groups in total. The number of carbonyl (C=O) groups excluding carboxylic acids is 2. The lowest BCUT2D eigenvalue weighted by molar-refractivity contribution is -0.384. The first-order chi connectivity index (χ1) is 15.8. The van der Waals surface area contributed by atoms with Crippen molar-refractivity contribution in [2.45, 2.75) is 64.9 Å². The third kappa shape index (κ3) is 7.89. The van der Waals surface area contributed by atoms with Gasteiger partial charge < -0.3 is 10.2 Å². The van der Waals surface area contributed by atoms with Crippen LogP contribution in [0.4, 0.5) is 5.69 Å². The first kappa shape index (κ1) is 26.4. The van der Waals surface area contributed by atoms with Crippen LogP contribution >= 0.6 is 11.8 Å². The summed E-state index contributed by atoms with van der Waals surface area (Å²) in [4.78, 5) is 38.3. The molecule has 0 spiro atoms. The molecule has 0 heterocycles. The van der Waals surface area contributed by atoms with Crippen molar-refractivity contribution in [3.63, 3.8) is 0 Å². The van der Waals surface area contributed by atoms with E-state index in [1.165, 1.54) is 23.9 Å². The molecule has 0 radical (unpaired) electrons. The van der Waals surface area contributed by atoms with Crippen molar-refractivity contribution in [1.82, 2.24) is 10.2 Å². The molecular weight excluding hydrogens is 438 g/mol. The number of hydrogen-bond acceptors (Lipinski definition) is 5. The van der Waals surface area contributed by atoms with Crippen LogP contribution in [0.5, 0.6) is 0 Å². The van der Waals surface area contributed by atoms with E-state index < -0.39 is 11.0 Å². The van der Waals surface area contributed by atoms with Gasteiger partial charge in [-0.3, -0.25) is 19.7 Å². The second-order valence-corrected chi connectivity index (χ2v) is 9.09. The van der Waals surface area contributed by atoms with E-state index in [1.807, 2.05) is 52.0 Å². The first-order valence-electron chi connectivity index (χ1n) is 11.2. The Labute approximate surface area is 200 Å². The smallest absolute Gasteiger partial charge is 0.269 e. The second kappa shape index (κ2) is 13.0. The van der Waals surface area contributed by atoms with E-state index in [9.17, 15) is 19.7 Å². The van der Waals surface area contributed by atoms with Crippen LogP contribution in [-0.2, 0) is 21.9 Å². The molecule has 0 bridgehead atoms. The fraction of sp³-hybridized carbons (Fsp3) is 0.440. The summed E-state index contributed by atoms with van der Waals surface area (Å²) < 4.78 is 0. The van der Waals surface area contributed by atoms with Crippen LogP contribution < -0.4 is 5.32 Å². The summed E-state index contributed by atoms with van der Waals surface area (Å²) in [7, 11) is 0. The van der Waals surface area contributed by atoms with Crippen LogP contribution in [0.1, 0.15) is 50.3 Å². The Balaban J connectivity index is 2.13. The Kier molecular flexibility index (Phi) is 10.4. The molecule has 33 heavy (non-hydrogen) atoms. The molecule has 0 unspecified atom stereocenters. The van der Waals surface area contributed by atoms with E-state index in [2.05, 4.69) is 5.32 Å². The van der Waals surface area contributed by atoms with E-state index >= 15 is 0 Å². The summed E-state index contributed by atoms with van der Waals surface area (Å²) in [5, 5.41) is 13.8. The maximum Gasteiger partial charge on any atom is 0.269 e. The number of carbonyl (C=O) groups is 2. The van der Waals surface area contributed by atoms with Gasteiger partial charge in [0.05, 0.1) is 10.7 Å². The number of benzene rings is 2. The Morgan fingerprint density at radius 2 is 1.76 bits per heavy atom. The van der Waals surface area contributed by atoms with Crippen molar-refractivity contribution >= 4 is 29.3 Å². The summed E-state index contributed by atoms with van der Waals surface area (Å²) in [6.45, 7) is 8.26. The zero-order valence-electron chi connectivity index (χ0n) is 19.7. The van der Waals surface area contributed by atoms with Crippen LogP contribution in [0.3, 0.4) is 0 Å². The molecule has 0 aliphatic carbocycles. The normalized spacial score (nSPS) is 12.6. The fourth-order valence-electron chi connectivity index (χ4n) is 3.38. The number of aryl methyl sites for hydroxylation is 1. The van der Waals surface area contributed by atoms with Crippen LogP contribution in [0, 0.1) is 17.0 Å². The first-order valence-corrected chi connectivity index (χ1v) is 12.4. The van der Waals surface area contributed by atoms with Gasteiger partial charge in [0.25, 0.3) is 5.69 Å². The SMILES string of the molecule is CC[C@@H](C)NC(=O)[C@@H](CC)N(Cc1ccccc1C)C(=O)CSCc1ccc([N+](=O)[O-])cc1. The highest BCUT2D eigenvalue weighted by atomic mass is 32.2. The summed E-state index contributed by atoms with van der Waals surface area (Å²) in [6, 6.07) is 13.7. The fourth-order valence-corrected chi connectivity index (χ4v) is 4.26. The van der Waals surface area contributed by atoms with Gasteiger partial charge in [-0.2, -0.15) is 0 Å². The van der Waals surface area contributed by atoms with Crippen molar-refractivity contribution in [2.75, 3.05) is 5.75 Å². The lowest BCUT2D eigenvalue weighted by Crippen LogP contribution is -2.51. The number of hydrogen-bond donors (Lipinski definition) is 1. The highest BCUT2D eigenvalue weighted by Gasteiger charge is 2.29. The maximum atomic E-state index is 13.3. The minimum Gasteiger partial charge on any atom is -0.352 e. The van der Waals surface area contributed by atoms with Crippen LogP contribution in [0.25, 0.3) is 0 Å². The van der Waals surface area contributed by atoms with E-state index in [-0.39, 0.29) is 29.3 Å². The molecule has 7 nitrogen and oxygen atoms in total. The molecule has 0 fully saturated rings. The van der Waals surface area contributed by atoms with Crippen molar-refractivity contribution < 1.29 is 14.5 Å². The molecule has 178 valence electrons. The number of thioether (sulfide) groups is 1. The quantitative estimate of drug-likeness (QED) is 0.353. The lowest BCUT2D eigenvalue weighted by atomic mass is 10.1. The van der Waals surface area contributed by atoms with Gasteiger partial charge in [0, 0.05) is 30.5 Å². The molecule has 0 aromatic heterocycles. The lowest BCUT2D eigenvalue weighted by Gasteiger charge is -2.32. The van der Waals surface area contributed by atoms with Gasteiger partial charge in [-0.05, 0) is 43.4 Å². The van der Waals surface area contributed by atoms with Gasteiger partial charge in [0.1, 0.15) is 6.04 Å². The molecule has 2 atom stereocenters. The molecule has 0 aliphatic rings. The summed E-state index contributed by atoms with van der Waals surface area (Å²) in [5.41, 5.74) is 3.04. The van der Waals surface area contributed by atoms with Crippen LogP contribution in [0.2, 0.25) is 0 Å². The van der Waals surface area contributed by atoms with Crippen molar-refractivity contribution in [1.29, 1.82) is 0 Å². The summed E-state index contributed by atoms with van der Waals surface area (Å²) >= 11 is 1.44. The molecule has 2 aromatic rings. The van der Waals surface area contributed by atoms with E-state index in [0.29, 0.717) is 18.7 Å². The van der Waals surface area contributed by atoms with Crippen molar-refractivity contribution in [3.05, 3.63) is 75.3 Å². The average molecular weight is 472 g/mol. The standard InChI is InChI=1S/C25H33N3O4S/c1-5-19(4)26-25(30)23(6-2)27(15-21-10-8-7-9-18(21)3)24(29)17-33-16-20-11-13-22(14-12-20)28(31)32/h7-14,19,23H,5-6,15-17H2,1-4H3,(H,26,30)/t19-,23-/m1/s1. The highest BCUT2D eigenvalue weighted by molar-refractivity contribution is 7.99. The van der Waals surface area contributed by atoms with E-state index in [4.69, 9.17) is 0 Å². The monoisotopic (exact) mass is 471 g/mol. The summed E-state index contributed by atoms with van der Waals surface area (Å²) in [6.07, 6.45) is 1.34. The zero-order chi connectivity index (χ0) is 24.4. The van der Waals surface area contributed by atoms with Gasteiger partial charge >= 0.3 is 0 Å². The topological polar surface area (TPSA) is 92.6 Å². The predicted octanol–water partition coefficient (Wildman–Crippen LogP) is 4.86. The molecule has 0 aliphatic heterocycles. The average Bonchev–Trinajstić information content (AvgIpc) is 2.80. The molecule has 2 amide bonds. The van der Waals surface area contributed by atoms with Crippen molar-refractivity contribution in [2.24, 2.45) is 0 Å². The number of nitro groups is 1. The van der Waals surface area contributed by atoms with Crippen molar-refractivity contribution in [3.8, 4) is 0 Å².